The second-order valence-electron chi connectivity index (χ2n) is 11.2. The van der Waals surface area contributed by atoms with Gasteiger partial charge in [0.05, 0.1) is 21.1 Å². The summed E-state index contributed by atoms with van der Waals surface area (Å²) in [6.07, 6.45) is 9.00. The molecule has 2 aromatic rings. The topological polar surface area (TPSA) is 100 Å². The Morgan fingerprint density at radius 2 is 1.63 bits per heavy atom. The molecule has 5 fully saturated rings. The van der Waals surface area contributed by atoms with Crippen LogP contribution in [0.4, 0.5) is 4.79 Å². The van der Waals surface area contributed by atoms with Crippen molar-refractivity contribution in [3.8, 4) is 0 Å². The van der Waals surface area contributed by atoms with Crippen LogP contribution in [0.1, 0.15) is 63.1 Å². The minimum Gasteiger partial charge on any atom is -0.331 e. The van der Waals surface area contributed by atoms with E-state index in [4.69, 9.17) is 28.2 Å². The van der Waals surface area contributed by atoms with Gasteiger partial charge in [-0.15, -0.1) is 0 Å². The number of fused-ring (bicyclic) bond motifs is 1. The van der Waals surface area contributed by atoms with E-state index in [1.165, 1.54) is 19.3 Å². The minimum atomic E-state index is -0.329. The Hall–Kier alpha value is -2.03. The summed E-state index contributed by atoms with van der Waals surface area (Å²) < 4.78 is 1.90. The summed E-state index contributed by atoms with van der Waals surface area (Å²) in [5.41, 5.74) is 6.57. The van der Waals surface area contributed by atoms with Crippen molar-refractivity contribution < 1.29 is 9.59 Å². The van der Waals surface area contributed by atoms with Crippen LogP contribution in [0.3, 0.4) is 0 Å². The highest BCUT2D eigenvalue weighted by Crippen LogP contribution is 2.55. The van der Waals surface area contributed by atoms with Gasteiger partial charge in [-0.1, -0.05) is 23.2 Å². The third kappa shape index (κ3) is 4.60. The van der Waals surface area contributed by atoms with Crippen LogP contribution in [0.2, 0.25) is 10.0 Å². The zero-order valence-electron chi connectivity index (χ0n) is 19.7. The summed E-state index contributed by atoms with van der Waals surface area (Å²) in [5.74, 6) is 2.98. The van der Waals surface area contributed by atoms with Crippen molar-refractivity contribution in [3.05, 3.63) is 28.0 Å². The molecule has 1 aliphatic heterocycles. The van der Waals surface area contributed by atoms with Gasteiger partial charge in [0.25, 0.3) is 5.91 Å². The number of imidazole rings is 1. The first kappa shape index (κ1) is 23.4. The van der Waals surface area contributed by atoms with Crippen molar-refractivity contribution in [2.45, 2.75) is 69.4 Å². The highest BCUT2D eigenvalue weighted by Gasteiger charge is 2.51. The van der Waals surface area contributed by atoms with Crippen LogP contribution in [0, 0.1) is 17.8 Å². The fourth-order valence-corrected chi connectivity index (χ4v) is 7.86. The summed E-state index contributed by atoms with van der Waals surface area (Å²) in [6.45, 7) is 1.85. The summed E-state index contributed by atoms with van der Waals surface area (Å²) in [7, 11) is 0. The first-order valence-electron chi connectivity index (χ1n) is 12.8. The Morgan fingerprint density at radius 1 is 1.00 bits per heavy atom. The normalized spacial score (nSPS) is 29.9. The summed E-state index contributed by atoms with van der Waals surface area (Å²) >= 11 is 12.5. The van der Waals surface area contributed by atoms with E-state index >= 15 is 0 Å². The number of rotatable bonds is 4. The molecule has 0 radical (unpaired) electrons. The quantitative estimate of drug-likeness (QED) is 0.457. The maximum absolute atomic E-state index is 12.9. The lowest BCUT2D eigenvalue weighted by atomic mass is 9.53. The monoisotopic (exact) mass is 518 g/mol. The number of carbonyl (C=O) groups is 2. The second kappa shape index (κ2) is 9.12. The first-order valence-corrected chi connectivity index (χ1v) is 13.6. The molecule has 1 aromatic heterocycles. The Labute approximate surface area is 214 Å². The molecule has 4 N–H and O–H groups in total. The number of nitrogens with one attached hydrogen (secondary N) is 4. The fraction of sp³-hybridized carbons (Fsp3) is 0.640. The number of hydrogen-bond donors (Lipinski definition) is 4. The smallest absolute Gasteiger partial charge is 0.331 e. The van der Waals surface area contributed by atoms with Crippen LogP contribution in [-0.2, 0) is 11.3 Å². The Morgan fingerprint density at radius 3 is 2.29 bits per heavy atom. The molecule has 35 heavy (non-hydrogen) atoms. The third-order valence-corrected chi connectivity index (χ3v) is 9.28. The fourth-order valence-electron chi connectivity index (χ4n) is 7.54. The Kier molecular flexibility index (Phi) is 6.09. The van der Waals surface area contributed by atoms with E-state index in [2.05, 4.69) is 21.5 Å². The van der Waals surface area contributed by atoms with Gasteiger partial charge in [-0.2, -0.15) is 0 Å². The van der Waals surface area contributed by atoms with Crippen molar-refractivity contribution in [1.29, 1.82) is 0 Å². The van der Waals surface area contributed by atoms with Crippen LogP contribution in [0.5, 0.6) is 0 Å². The van der Waals surface area contributed by atoms with E-state index in [9.17, 15) is 9.59 Å². The third-order valence-electron chi connectivity index (χ3n) is 8.56. The van der Waals surface area contributed by atoms with Crippen LogP contribution in [-0.4, -0.2) is 40.1 Å². The number of nitrogens with zero attached hydrogens (tertiary/aromatic N) is 2. The van der Waals surface area contributed by atoms with Crippen LogP contribution in [0.15, 0.2) is 12.1 Å². The molecule has 4 aliphatic carbocycles. The van der Waals surface area contributed by atoms with Gasteiger partial charge in [0.15, 0.2) is 0 Å². The van der Waals surface area contributed by atoms with E-state index < -0.39 is 0 Å². The number of hydrogen-bond acceptors (Lipinski definition) is 4. The number of hydrazine groups is 1. The lowest BCUT2D eigenvalue weighted by molar-refractivity contribution is -0.122. The van der Waals surface area contributed by atoms with Gasteiger partial charge in [-0.3, -0.25) is 10.2 Å². The minimum absolute atomic E-state index is 0.0331. The average Bonchev–Trinajstić information content (AvgIpc) is 3.14. The first-order chi connectivity index (χ1) is 16.9. The molecule has 5 aliphatic rings. The summed E-state index contributed by atoms with van der Waals surface area (Å²) in [6, 6.07) is 3.18. The highest BCUT2D eigenvalue weighted by atomic mass is 35.5. The number of aromatic nitrogens is 2. The van der Waals surface area contributed by atoms with Crippen LogP contribution < -0.4 is 21.5 Å². The molecule has 8 nitrogen and oxygen atoms in total. The van der Waals surface area contributed by atoms with E-state index in [-0.39, 0.29) is 29.9 Å². The zero-order chi connectivity index (χ0) is 24.2. The second-order valence-corrected chi connectivity index (χ2v) is 12.0. The predicted molar refractivity (Wildman–Crippen MR) is 135 cm³/mol. The largest absolute Gasteiger partial charge is 0.333 e. The molecule has 1 saturated heterocycles. The average molecular weight is 519 g/mol. The predicted octanol–water partition coefficient (Wildman–Crippen LogP) is 4.11. The van der Waals surface area contributed by atoms with E-state index in [1.54, 1.807) is 12.1 Å². The highest BCUT2D eigenvalue weighted by molar-refractivity contribution is 6.42. The van der Waals surface area contributed by atoms with Gasteiger partial charge in [0, 0.05) is 11.5 Å². The Bertz CT molecular complexity index is 1120. The number of amides is 3. The van der Waals surface area contributed by atoms with Gasteiger partial charge < -0.3 is 15.2 Å². The lowest BCUT2D eigenvalue weighted by Gasteiger charge is -2.56. The number of halogens is 2. The van der Waals surface area contributed by atoms with Crippen LogP contribution >= 0.6 is 23.2 Å². The molecule has 0 unspecified atom stereocenters. The molecule has 188 valence electrons. The molecule has 0 atom stereocenters. The molecule has 0 spiro atoms. The van der Waals surface area contributed by atoms with E-state index in [0.717, 1.165) is 74.3 Å². The van der Waals surface area contributed by atoms with Crippen molar-refractivity contribution in [3.63, 3.8) is 0 Å². The number of carbonyl (C=O) groups excluding carboxylic acids is 2. The number of benzene rings is 1. The molecule has 2 heterocycles. The lowest BCUT2D eigenvalue weighted by Crippen LogP contribution is -2.62. The maximum atomic E-state index is 12.9. The molecule has 7 rings (SSSR count). The van der Waals surface area contributed by atoms with Crippen molar-refractivity contribution in [2.75, 3.05) is 13.1 Å². The molecule has 1 aromatic carbocycles. The van der Waals surface area contributed by atoms with Crippen molar-refractivity contribution >= 4 is 46.2 Å². The molecule has 3 amide bonds. The van der Waals surface area contributed by atoms with Gasteiger partial charge in [0.1, 0.15) is 12.4 Å². The maximum Gasteiger partial charge on any atom is 0.333 e. The number of urea groups is 1. The van der Waals surface area contributed by atoms with Gasteiger partial charge >= 0.3 is 6.03 Å². The molecular weight excluding hydrogens is 487 g/mol. The summed E-state index contributed by atoms with van der Waals surface area (Å²) in [4.78, 5) is 30.5. The van der Waals surface area contributed by atoms with Crippen molar-refractivity contribution in [1.82, 2.24) is 31.0 Å². The van der Waals surface area contributed by atoms with Gasteiger partial charge in [-0.25, -0.2) is 15.2 Å². The molecule has 4 saturated carbocycles. The van der Waals surface area contributed by atoms with E-state index in [0.29, 0.717) is 15.6 Å². The molecule has 10 heteroatoms. The molecular formula is C25H32Cl2N6O2. The zero-order valence-corrected chi connectivity index (χ0v) is 21.2. The standard InChI is InChI=1S/C25H32Cl2N6O2/c26-18-8-20-21(9-19(18)27)33(23(29-20)17-1-3-28-4-2-17)13-22(34)31-32-24(35)30-25-10-14-5-15(11-25)7-16(6-14)12-25/h8-9,14-17,28H,1-7,10-13H2,(H,31,34)(H2,30,32,35). The van der Waals surface area contributed by atoms with Crippen LogP contribution in [0.25, 0.3) is 11.0 Å². The van der Waals surface area contributed by atoms with Gasteiger partial charge in [-0.05, 0) is 94.3 Å². The SMILES string of the molecule is O=C(Cn1c(C2CCNCC2)nc2cc(Cl)c(Cl)cc21)NNC(=O)NC12CC3CC(CC(C3)C1)C2. The Balaban J connectivity index is 1.14. The number of piperidine rings is 1. The molecule has 4 bridgehead atoms. The van der Waals surface area contributed by atoms with Gasteiger partial charge in [0.2, 0.25) is 0 Å². The summed E-state index contributed by atoms with van der Waals surface area (Å²) in [5, 5.41) is 7.45. The van der Waals surface area contributed by atoms with Crippen molar-refractivity contribution in [2.24, 2.45) is 17.8 Å². The van der Waals surface area contributed by atoms with E-state index in [1.807, 2.05) is 4.57 Å².